The van der Waals surface area contributed by atoms with E-state index in [9.17, 15) is 9.59 Å². The Labute approximate surface area is 156 Å². The van der Waals surface area contributed by atoms with Crippen LogP contribution in [0.4, 0.5) is 4.79 Å². The summed E-state index contributed by atoms with van der Waals surface area (Å²) < 4.78 is 15.9. The van der Waals surface area contributed by atoms with Crippen LogP contribution in [0.3, 0.4) is 0 Å². The van der Waals surface area contributed by atoms with Crippen LogP contribution < -0.4 is 5.32 Å². The second-order valence-electron chi connectivity index (χ2n) is 7.56. The van der Waals surface area contributed by atoms with E-state index in [2.05, 4.69) is 10.3 Å². The molecule has 0 aromatic carbocycles. The predicted octanol–water partition coefficient (Wildman–Crippen LogP) is 3.04. The number of likely N-dealkylation sites (N-methyl/N-ethyl adjacent to an activating group) is 1. The highest BCUT2D eigenvalue weighted by molar-refractivity contribution is 5.95. The number of carbonyl (C=O) groups excluding carboxylic acids is 2. The number of esters is 1. The van der Waals surface area contributed by atoms with Gasteiger partial charge < -0.3 is 19.1 Å². The molecule has 0 radical (unpaired) electrons. The van der Waals surface area contributed by atoms with Crippen molar-refractivity contribution in [2.75, 3.05) is 20.2 Å². The summed E-state index contributed by atoms with van der Waals surface area (Å²) in [5.74, 6) is -0.0172. The largest absolute Gasteiger partial charge is 0.472 e. The Morgan fingerprint density at radius 2 is 1.62 bits per heavy atom. The molecule has 8 nitrogen and oxygen atoms in total. The van der Waals surface area contributed by atoms with Gasteiger partial charge in [-0.1, -0.05) is 0 Å². The van der Waals surface area contributed by atoms with Crippen LogP contribution in [0.5, 0.6) is 0 Å². The highest BCUT2D eigenvalue weighted by atomic mass is 16.6. The Morgan fingerprint density at radius 1 is 1.08 bits per heavy atom. The van der Waals surface area contributed by atoms with Gasteiger partial charge >= 0.3 is 12.1 Å². The number of nitrogens with zero attached hydrogens (tertiary/aromatic N) is 2. The highest BCUT2D eigenvalue weighted by Gasteiger charge is 2.21. The normalized spacial score (nSPS) is 13.1. The molecule has 0 spiro atoms. The molecule has 0 saturated heterocycles. The Balaban J connectivity index is 5.47. The first-order chi connectivity index (χ1) is 11.8. The molecule has 0 bridgehead atoms. The minimum absolute atomic E-state index is 0.0883. The second-order valence-corrected chi connectivity index (χ2v) is 7.56. The zero-order chi connectivity index (χ0) is 20.5. The zero-order valence-electron chi connectivity index (χ0n) is 17.4. The number of alkyl carbamates (subject to hydrolysis) is 1. The van der Waals surface area contributed by atoms with Crippen LogP contribution in [0.1, 0.15) is 55.4 Å². The average Bonchev–Trinajstić information content (AvgIpc) is 2.42. The molecule has 150 valence electrons. The molecular weight excluding hydrogens is 338 g/mol. The van der Waals surface area contributed by atoms with Crippen LogP contribution in [-0.4, -0.2) is 54.3 Å². The lowest BCUT2D eigenvalue weighted by Crippen LogP contribution is -2.46. The van der Waals surface area contributed by atoms with Gasteiger partial charge in [-0.2, -0.15) is 4.99 Å². The smallest absolute Gasteiger partial charge is 0.414 e. The summed E-state index contributed by atoms with van der Waals surface area (Å²) in [6, 6.07) is 0. The molecule has 0 saturated carbocycles. The maximum absolute atomic E-state index is 12.1. The Morgan fingerprint density at radius 3 is 2.04 bits per heavy atom. The zero-order valence-corrected chi connectivity index (χ0v) is 17.4. The van der Waals surface area contributed by atoms with Gasteiger partial charge in [-0.05, 0) is 61.5 Å². The number of amides is 1. The number of carbonyl (C=O) groups is 2. The van der Waals surface area contributed by atoms with Crippen LogP contribution in [-0.2, 0) is 19.0 Å². The third kappa shape index (κ3) is 11.3. The summed E-state index contributed by atoms with van der Waals surface area (Å²) in [6.45, 7) is 14.6. The van der Waals surface area contributed by atoms with Crippen LogP contribution in [0.15, 0.2) is 17.0 Å². The Hall–Kier alpha value is -2.25. The van der Waals surface area contributed by atoms with Crippen LogP contribution in [0, 0.1) is 0 Å². The van der Waals surface area contributed by atoms with Crippen molar-refractivity contribution in [3.63, 3.8) is 0 Å². The van der Waals surface area contributed by atoms with E-state index in [0.29, 0.717) is 5.88 Å². The van der Waals surface area contributed by atoms with Gasteiger partial charge in [0.05, 0.1) is 6.61 Å². The van der Waals surface area contributed by atoms with Crippen molar-refractivity contribution in [3.8, 4) is 0 Å². The van der Waals surface area contributed by atoms with Gasteiger partial charge in [-0.25, -0.2) is 4.79 Å². The van der Waals surface area contributed by atoms with E-state index in [-0.39, 0.29) is 19.1 Å². The van der Waals surface area contributed by atoms with Gasteiger partial charge in [0, 0.05) is 7.05 Å². The maximum atomic E-state index is 12.1. The van der Waals surface area contributed by atoms with Crippen molar-refractivity contribution in [2.24, 2.45) is 4.99 Å². The molecule has 0 aliphatic heterocycles. The molecule has 1 N–H and O–H groups in total. The number of aliphatic imine (C=N–C) groups is 1. The number of rotatable bonds is 5. The lowest BCUT2D eigenvalue weighted by Gasteiger charge is -2.25. The third-order valence-electron chi connectivity index (χ3n) is 2.52. The molecule has 0 aliphatic carbocycles. The molecule has 1 amide bonds. The molecule has 26 heavy (non-hydrogen) atoms. The molecule has 0 aromatic heterocycles. The number of nitrogens with one attached hydrogen (secondary N) is 1. The summed E-state index contributed by atoms with van der Waals surface area (Å²) >= 11 is 0. The maximum Gasteiger partial charge on any atom is 0.414 e. The van der Waals surface area contributed by atoms with E-state index in [4.69, 9.17) is 14.2 Å². The fourth-order valence-electron chi connectivity index (χ4n) is 1.64. The van der Waals surface area contributed by atoms with Crippen molar-refractivity contribution in [1.82, 2.24) is 10.2 Å². The predicted molar refractivity (Wildman–Crippen MR) is 101 cm³/mol. The van der Waals surface area contributed by atoms with Crippen LogP contribution in [0.2, 0.25) is 0 Å². The van der Waals surface area contributed by atoms with E-state index in [1.165, 1.54) is 4.90 Å². The molecule has 0 atom stereocenters. The highest BCUT2D eigenvalue weighted by Crippen LogP contribution is 2.15. The van der Waals surface area contributed by atoms with Crippen LogP contribution in [0.25, 0.3) is 0 Å². The summed E-state index contributed by atoms with van der Waals surface area (Å²) in [5, 5.41) is 2.56. The SMILES string of the molecule is CC=C(N=C(NC(=O)OC(C)(C)C)N(C)CC(=O)OCC)OC(C)(C)C. The van der Waals surface area contributed by atoms with Crippen molar-refractivity contribution >= 4 is 18.0 Å². The fourth-order valence-corrected chi connectivity index (χ4v) is 1.64. The van der Waals surface area contributed by atoms with Crippen molar-refractivity contribution in [3.05, 3.63) is 12.0 Å². The molecule has 0 fully saturated rings. The summed E-state index contributed by atoms with van der Waals surface area (Å²) in [6.07, 6.45) is 0.985. The third-order valence-corrected chi connectivity index (χ3v) is 2.52. The Bertz CT molecular complexity index is 542. The van der Waals surface area contributed by atoms with Gasteiger partial charge in [0.1, 0.15) is 17.7 Å². The van der Waals surface area contributed by atoms with Crippen molar-refractivity contribution in [2.45, 2.75) is 66.6 Å². The molecule has 0 rings (SSSR count). The van der Waals surface area contributed by atoms with Gasteiger partial charge in [0.2, 0.25) is 11.8 Å². The number of hydrogen-bond donors (Lipinski definition) is 1. The summed E-state index contributed by atoms with van der Waals surface area (Å²) in [7, 11) is 1.61. The molecule has 8 heteroatoms. The topological polar surface area (TPSA) is 89.5 Å². The van der Waals surface area contributed by atoms with Crippen molar-refractivity contribution in [1.29, 1.82) is 0 Å². The number of hydrogen-bond acceptors (Lipinski definition) is 6. The Kier molecular flexibility index (Phi) is 9.17. The quantitative estimate of drug-likeness (QED) is 0.346. The van der Waals surface area contributed by atoms with Crippen LogP contribution >= 0.6 is 0 Å². The molecule has 0 aromatic rings. The number of ether oxygens (including phenoxy) is 3. The van der Waals surface area contributed by atoms with Gasteiger partial charge in [0.15, 0.2) is 0 Å². The molecule has 0 heterocycles. The van der Waals surface area contributed by atoms with E-state index in [1.807, 2.05) is 20.8 Å². The van der Waals surface area contributed by atoms with E-state index < -0.39 is 23.3 Å². The van der Waals surface area contributed by atoms with Gasteiger partial charge in [-0.15, -0.1) is 0 Å². The first-order valence-corrected chi connectivity index (χ1v) is 8.58. The minimum Gasteiger partial charge on any atom is -0.472 e. The summed E-state index contributed by atoms with van der Waals surface area (Å²) in [4.78, 5) is 29.7. The lowest BCUT2D eigenvalue weighted by molar-refractivity contribution is -0.143. The van der Waals surface area contributed by atoms with E-state index >= 15 is 0 Å². The first kappa shape index (κ1) is 23.8. The van der Waals surface area contributed by atoms with E-state index in [0.717, 1.165) is 0 Å². The average molecular weight is 371 g/mol. The van der Waals surface area contributed by atoms with Gasteiger partial charge in [0.25, 0.3) is 0 Å². The van der Waals surface area contributed by atoms with Crippen molar-refractivity contribution < 1.29 is 23.8 Å². The standard InChI is InChI=1S/C18H33N3O5/c1-10-13(25-17(3,4)5)19-15(20-16(23)26-18(6,7)8)21(9)12-14(22)24-11-2/h10H,11-12H2,1-9H3,(H,19,20,23). The second kappa shape index (κ2) is 10.0. The molecular formula is C18H33N3O5. The molecule has 0 unspecified atom stereocenters. The van der Waals surface area contributed by atoms with E-state index in [1.54, 1.807) is 47.7 Å². The number of guanidine groups is 1. The number of allylic oxidation sites excluding steroid dienone is 1. The minimum atomic E-state index is -0.682. The summed E-state index contributed by atoms with van der Waals surface area (Å²) in [5.41, 5.74) is -1.14. The monoisotopic (exact) mass is 371 g/mol. The van der Waals surface area contributed by atoms with Gasteiger partial charge in [-0.3, -0.25) is 10.1 Å². The fraction of sp³-hybridized carbons (Fsp3) is 0.722. The lowest BCUT2D eigenvalue weighted by atomic mass is 10.2. The first-order valence-electron chi connectivity index (χ1n) is 8.58. The molecule has 0 aliphatic rings.